The van der Waals surface area contributed by atoms with Crippen molar-refractivity contribution < 1.29 is 9.47 Å². The number of para-hydroxylation sites is 1. The number of hydrogen-bond donors (Lipinski definition) is 1. The molecule has 0 radical (unpaired) electrons. The van der Waals surface area contributed by atoms with Crippen molar-refractivity contribution in [3.8, 4) is 5.75 Å². The second-order valence-electron chi connectivity index (χ2n) is 2.69. The van der Waals surface area contributed by atoms with Gasteiger partial charge in [-0.1, -0.05) is 12.1 Å². The Morgan fingerprint density at radius 2 is 1.93 bits per heavy atom. The minimum Gasteiger partial charge on any atom is -0.493 e. The maximum absolute atomic E-state index is 7.65. The van der Waals surface area contributed by atoms with Gasteiger partial charge < -0.3 is 9.47 Å². The molecule has 1 rings (SSSR count). The number of nitrogens with one attached hydrogen (secondary N) is 1. The predicted molar refractivity (Wildman–Crippen MR) is 56.1 cm³/mol. The molecule has 1 aromatic rings. The number of ether oxygens (including phenoxy) is 2. The fourth-order valence-electron chi connectivity index (χ4n) is 1.16. The van der Waals surface area contributed by atoms with Gasteiger partial charge in [0.25, 0.3) is 0 Å². The Balaban J connectivity index is 2.88. The average Bonchev–Trinajstić information content (AvgIpc) is 2.19. The molecule has 0 aliphatic carbocycles. The molecule has 14 heavy (non-hydrogen) atoms. The van der Waals surface area contributed by atoms with Crippen molar-refractivity contribution in [2.24, 2.45) is 0 Å². The third kappa shape index (κ3) is 2.49. The van der Waals surface area contributed by atoms with Crippen molar-refractivity contribution >= 4 is 5.90 Å². The first-order valence-corrected chi connectivity index (χ1v) is 4.73. The maximum atomic E-state index is 7.65. The highest BCUT2D eigenvalue weighted by atomic mass is 16.5. The van der Waals surface area contributed by atoms with Gasteiger partial charge in [-0.2, -0.15) is 0 Å². The second-order valence-corrected chi connectivity index (χ2v) is 2.69. The van der Waals surface area contributed by atoms with E-state index in [1.54, 1.807) is 0 Å². The van der Waals surface area contributed by atoms with Crippen LogP contribution in [0.15, 0.2) is 24.3 Å². The molecule has 0 atom stereocenters. The Morgan fingerprint density at radius 1 is 1.21 bits per heavy atom. The summed E-state index contributed by atoms with van der Waals surface area (Å²) >= 11 is 0. The van der Waals surface area contributed by atoms with Gasteiger partial charge in [0.15, 0.2) is 0 Å². The molecule has 0 fully saturated rings. The van der Waals surface area contributed by atoms with E-state index in [9.17, 15) is 0 Å². The van der Waals surface area contributed by atoms with Crippen LogP contribution in [0, 0.1) is 5.41 Å². The van der Waals surface area contributed by atoms with Gasteiger partial charge in [0.1, 0.15) is 5.75 Å². The largest absolute Gasteiger partial charge is 0.493 e. The van der Waals surface area contributed by atoms with E-state index < -0.39 is 0 Å². The van der Waals surface area contributed by atoms with Crippen molar-refractivity contribution in [3.63, 3.8) is 0 Å². The Morgan fingerprint density at radius 3 is 2.57 bits per heavy atom. The lowest BCUT2D eigenvalue weighted by molar-refractivity contribution is 0.315. The van der Waals surface area contributed by atoms with Crippen molar-refractivity contribution in [1.82, 2.24) is 0 Å². The van der Waals surface area contributed by atoms with E-state index in [-0.39, 0.29) is 5.90 Å². The standard InChI is InChI=1S/C11H15NO2/c1-3-13-10-8-6-5-7-9(10)11(12)14-4-2/h5-8,12H,3-4H2,1-2H3. The minimum atomic E-state index is 0.163. The highest BCUT2D eigenvalue weighted by Gasteiger charge is 2.08. The summed E-state index contributed by atoms with van der Waals surface area (Å²) < 4.78 is 10.5. The summed E-state index contributed by atoms with van der Waals surface area (Å²) in [5, 5.41) is 7.65. The van der Waals surface area contributed by atoms with E-state index in [2.05, 4.69) is 0 Å². The molecule has 1 N–H and O–H groups in total. The zero-order valence-electron chi connectivity index (χ0n) is 8.54. The smallest absolute Gasteiger partial charge is 0.217 e. The fraction of sp³-hybridized carbons (Fsp3) is 0.364. The van der Waals surface area contributed by atoms with E-state index in [4.69, 9.17) is 14.9 Å². The lowest BCUT2D eigenvalue weighted by atomic mass is 10.2. The Hall–Kier alpha value is -1.51. The van der Waals surface area contributed by atoms with Gasteiger partial charge in [0.2, 0.25) is 5.90 Å². The molecule has 0 spiro atoms. The monoisotopic (exact) mass is 193 g/mol. The highest BCUT2D eigenvalue weighted by Crippen LogP contribution is 2.18. The third-order valence-electron chi connectivity index (χ3n) is 1.72. The zero-order valence-corrected chi connectivity index (χ0v) is 8.54. The van der Waals surface area contributed by atoms with Crippen LogP contribution in [0.3, 0.4) is 0 Å². The predicted octanol–water partition coefficient (Wildman–Crippen LogP) is 2.45. The summed E-state index contributed by atoms with van der Waals surface area (Å²) in [7, 11) is 0. The lowest BCUT2D eigenvalue weighted by Crippen LogP contribution is -2.07. The molecular weight excluding hydrogens is 178 g/mol. The van der Waals surface area contributed by atoms with Gasteiger partial charge in [0, 0.05) is 0 Å². The Kier molecular flexibility index (Phi) is 3.98. The van der Waals surface area contributed by atoms with E-state index in [0.717, 1.165) is 0 Å². The van der Waals surface area contributed by atoms with Crippen molar-refractivity contribution in [1.29, 1.82) is 5.41 Å². The highest BCUT2D eigenvalue weighted by molar-refractivity contribution is 5.94. The van der Waals surface area contributed by atoms with Gasteiger partial charge in [-0.25, -0.2) is 0 Å². The second kappa shape index (κ2) is 5.27. The van der Waals surface area contributed by atoms with Crippen LogP contribution in [0.5, 0.6) is 5.75 Å². The summed E-state index contributed by atoms with van der Waals surface area (Å²) in [4.78, 5) is 0. The summed E-state index contributed by atoms with van der Waals surface area (Å²) in [6.45, 7) is 4.87. The Labute approximate surface area is 84.2 Å². The zero-order chi connectivity index (χ0) is 10.4. The van der Waals surface area contributed by atoms with E-state index in [1.807, 2.05) is 38.1 Å². The van der Waals surface area contributed by atoms with Gasteiger partial charge in [-0.05, 0) is 26.0 Å². The molecule has 0 unspecified atom stereocenters. The first-order valence-electron chi connectivity index (χ1n) is 4.73. The quantitative estimate of drug-likeness (QED) is 0.589. The van der Waals surface area contributed by atoms with Crippen LogP contribution in [-0.4, -0.2) is 19.1 Å². The van der Waals surface area contributed by atoms with Crippen LogP contribution in [-0.2, 0) is 4.74 Å². The van der Waals surface area contributed by atoms with E-state index in [1.165, 1.54) is 0 Å². The summed E-state index contributed by atoms with van der Waals surface area (Å²) in [6.07, 6.45) is 0. The molecule has 3 heteroatoms. The molecule has 0 saturated carbocycles. The maximum Gasteiger partial charge on any atom is 0.217 e. The fourth-order valence-corrected chi connectivity index (χ4v) is 1.16. The van der Waals surface area contributed by atoms with Crippen molar-refractivity contribution in [2.75, 3.05) is 13.2 Å². The van der Waals surface area contributed by atoms with Crippen LogP contribution >= 0.6 is 0 Å². The molecule has 0 amide bonds. The van der Waals surface area contributed by atoms with E-state index in [0.29, 0.717) is 24.5 Å². The molecule has 0 aliphatic rings. The van der Waals surface area contributed by atoms with Crippen molar-refractivity contribution in [3.05, 3.63) is 29.8 Å². The molecular formula is C11H15NO2. The van der Waals surface area contributed by atoms with Gasteiger partial charge in [-0.15, -0.1) is 0 Å². The molecule has 0 saturated heterocycles. The van der Waals surface area contributed by atoms with Gasteiger partial charge in [-0.3, -0.25) is 5.41 Å². The first kappa shape index (κ1) is 10.6. The molecule has 0 aromatic heterocycles. The summed E-state index contributed by atoms with van der Waals surface area (Å²) in [5.74, 6) is 0.866. The van der Waals surface area contributed by atoms with Gasteiger partial charge in [0.05, 0.1) is 18.8 Å². The SMILES string of the molecule is CCOC(=N)c1ccccc1OCC. The molecule has 3 nitrogen and oxygen atoms in total. The lowest BCUT2D eigenvalue weighted by Gasteiger charge is -2.10. The molecule has 0 heterocycles. The van der Waals surface area contributed by atoms with Crippen LogP contribution in [0.25, 0.3) is 0 Å². The molecule has 0 aliphatic heterocycles. The normalized spacial score (nSPS) is 9.57. The van der Waals surface area contributed by atoms with E-state index >= 15 is 0 Å². The number of hydrogen-bond acceptors (Lipinski definition) is 3. The van der Waals surface area contributed by atoms with Crippen LogP contribution < -0.4 is 4.74 Å². The average molecular weight is 193 g/mol. The first-order chi connectivity index (χ1) is 6.79. The molecule has 1 aromatic carbocycles. The summed E-state index contributed by atoms with van der Waals surface area (Å²) in [5.41, 5.74) is 0.705. The van der Waals surface area contributed by atoms with Crippen LogP contribution in [0.1, 0.15) is 19.4 Å². The third-order valence-corrected chi connectivity index (χ3v) is 1.72. The Bertz CT molecular complexity index is 310. The number of rotatable bonds is 4. The topological polar surface area (TPSA) is 42.3 Å². The molecule has 0 bridgehead atoms. The summed E-state index contributed by atoms with van der Waals surface area (Å²) in [6, 6.07) is 7.41. The number of benzene rings is 1. The van der Waals surface area contributed by atoms with Crippen LogP contribution in [0.2, 0.25) is 0 Å². The van der Waals surface area contributed by atoms with Gasteiger partial charge >= 0.3 is 0 Å². The molecule has 76 valence electrons. The van der Waals surface area contributed by atoms with Crippen molar-refractivity contribution in [2.45, 2.75) is 13.8 Å². The minimum absolute atomic E-state index is 0.163. The van der Waals surface area contributed by atoms with Crippen LogP contribution in [0.4, 0.5) is 0 Å².